The number of nitrogens with zero attached hydrogens (tertiary/aromatic N) is 2. The third-order valence-corrected chi connectivity index (χ3v) is 4.18. The minimum absolute atomic E-state index is 0.141. The second-order valence-corrected chi connectivity index (χ2v) is 6.09. The maximum absolute atomic E-state index is 12.7. The van der Waals surface area contributed by atoms with E-state index in [0.29, 0.717) is 43.2 Å². The molecule has 2 N–H and O–H groups in total. The second kappa shape index (κ2) is 7.92. The van der Waals surface area contributed by atoms with Crippen LogP contribution in [0.5, 0.6) is 11.6 Å². The van der Waals surface area contributed by atoms with Gasteiger partial charge in [-0.1, -0.05) is 6.07 Å². The lowest BCUT2D eigenvalue weighted by Crippen LogP contribution is -2.53. The third kappa shape index (κ3) is 4.54. The van der Waals surface area contributed by atoms with Crippen LogP contribution in [0.25, 0.3) is 0 Å². The SMILES string of the molecule is O=C(O)CC1(NC(=O)c2cccc(Oc3cnccn3)c2)CCOCC1. The molecule has 0 atom stereocenters. The Hall–Kier alpha value is -3.00. The van der Waals surface area contributed by atoms with Crippen molar-refractivity contribution in [3.05, 3.63) is 48.4 Å². The molecule has 1 aliphatic rings. The van der Waals surface area contributed by atoms with Gasteiger partial charge in [-0.05, 0) is 31.0 Å². The number of nitrogens with one attached hydrogen (secondary N) is 1. The molecule has 0 radical (unpaired) electrons. The molecule has 1 aliphatic heterocycles. The summed E-state index contributed by atoms with van der Waals surface area (Å²) in [6.45, 7) is 0.840. The van der Waals surface area contributed by atoms with Crippen molar-refractivity contribution < 1.29 is 24.2 Å². The summed E-state index contributed by atoms with van der Waals surface area (Å²) in [7, 11) is 0. The number of aliphatic carboxylic acids is 1. The summed E-state index contributed by atoms with van der Waals surface area (Å²) < 4.78 is 10.9. The van der Waals surface area contributed by atoms with Crippen LogP contribution in [0.3, 0.4) is 0 Å². The van der Waals surface area contributed by atoms with E-state index >= 15 is 0 Å². The Balaban J connectivity index is 1.74. The van der Waals surface area contributed by atoms with Gasteiger partial charge in [-0.25, -0.2) is 4.98 Å². The van der Waals surface area contributed by atoms with Crippen LogP contribution in [0.15, 0.2) is 42.9 Å². The highest BCUT2D eigenvalue weighted by Crippen LogP contribution is 2.26. The van der Waals surface area contributed by atoms with E-state index in [1.54, 1.807) is 24.3 Å². The van der Waals surface area contributed by atoms with Crippen LogP contribution < -0.4 is 10.1 Å². The topological polar surface area (TPSA) is 111 Å². The molecule has 8 nitrogen and oxygen atoms in total. The first-order valence-corrected chi connectivity index (χ1v) is 8.22. The molecule has 1 fully saturated rings. The summed E-state index contributed by atoms with van der Waals surface area (Å²) in [6.07, 6.45) is 5.29. The van der Waals surface area contributed by atoms with E-state index < -0.39 is 11.5 Å². The van der Waals surface area contributed by atoms with E-state index in [0.717, 1.165) is 0 Å². The molecule has 1 aromatic heterocycles. The molecule has 1 amide bonds. The van der Waals surface area contributed by atoms with E-state index in [9.17, 15) is 14.7 Å². The van der Waals surface area contributed by atoms with Crippen molar-refractivity contribution in [2.24, 2.45) is 0 Å². The molecular weight excluding hydrogens is 338 g/mol. The summed E-state index contributed by atoms with van der Waals surface area (Å²) in [4.78, 5) is 31.8. The Morgan fingerprint density at radius 2 is 2.08 bits per heavy atom. The standard InChI is InChI=1S/C18H19N3O5/c22-16(23)11-18(4-8-25-9-5-18)21-17(24)13-2-1-3-14(10-13)26-15-12-19-6-7-20-15/h1-3,6-7,10,12H,4-5,8-9,11H2,(H,21,24)(H,22,23). The first-order valence-electron chi connectivity index (χ1n) is 8.22. The van der Waals surface area contributed by atoms with Gasteiger partial charge in [0.1, 0.15) is 5.75 Å². The van der Waals surface area contributed by atoms with Crippen molar-refractivity contribution in [2.45, 2.75) is 24.8 Å². The molecule has 26 heavy (non-hydrogen) atoms. The van der Waals surface area contributed by atoms with Gasteiger partial charge in [-0.15, -0.1) is 0 Å². The number of aromatic nitrogens is 2. The summed E-state index contributed by atoms with van der Waals surface area (Å²) in [5.74, 6) is -0.543. The molecule has 0 unspecified atom stereocenters. The fourth-order valence-corrected chi connectivity index (χ4v) is 2.87. The number of rotatable bonds is 6. The highest BCUT2D eigenvalue weighted by atomic mass is 16.5. The number of amides is 1. The summed E-state index contributed by atoms with van der Waals surface area (Å²) >= 11 is 0. The number of carboxylic acid groups (broad SMARTS) is 1. The summed E-state index contributed by atoms with van der Waals surface area (Å²) in [5.41, 5.74) is -0.425. The van der Waals surface area contributed by atoms with E-state index in [-0.39, 0.29) is 12.3 Å². The zero-order chi connectivity index (χ0) is 18.4. The smallest absolute Gasteiger partial charge is 0.305 e. The Morgan fingerprint density at radius 1 is 1.27 bits per heavy atom. The van der Waals surface area contributed by atoms with Gasteiger partial charge in [0.25, 0.3) is 5.91 Å². The predicted molar refractivity (Wildman–Crippen MR) is 91.1 cm³/mol. The maximum Gasteiger partial charge on any atom is 0.305 e. The second-order valence-electron chi connectivity index (χ2n) is 6.09. The molecule has 0 spiro atoms. The van der Waals surface area contributed by atoms with Crippen LogP contribution in [0.4, 0.5) is 0 Å². The van der Waals surface area contributed by atoms with Crippen LogP contribution in [0.2, 0.25) is 0 Å². The van der Waals surface area contributed by atoms with Crippen LogP contribution in [0, 0.1) is 0 Å². The molecule has 8 heteroatoms. The zero-order valence-corrected chi connectivity index (χ0v) is 14.1. The number of benzene rings is 1. The molecule has 2 aromatic rings. The third-order valence-electron chi connectivity index (χ3n) is 4.18. The number of carbonyl (C=O) groups excluding carboxylic acids is 1. The van der Waals surface area contributed by atoms with Crippen molar-refractivity contribution in [3.63, 3.8) is 0 Å². The van der Waals surface area contributed by atoms with Crippen LogP contribution in [-0.2, 0) is 9.53 Å². The number of carbonyl (C=O) groups is 2. The molecule has 1 aromatic carbocycles. The minimum atomic E-state index is -0.952. The van der Waals surface area contributed by atoms with Crippen molar-refractivity contribution in [1.29, 1.82) is 0 Å². The normalized spacial score (nSPS) is 15.8. The van der Waals surface area contributed by atoms with Crippen molar-refractivity contribution in [1.82, 2.24) is 15.3 Å². The molecular formula is C18H19N3O5. The lowest BCUT2D eigenvalue weighted by Gasteiger charge is -2.36. The largest absolute Gasteiger partial charge is 0.481 e. The van der Waals surface area contributed by atoms with Gasteiger partial charge >= 0.3 is 5.97 Å². The fourth-order valence-electron chi connectivity index (χ4n) is 2.87. The summed E-state index contributed by atoms with van der Waals surface area (Å²) in [5, 5.41) is 12.1. The molecule has 0 saturated carbocycles. The van der Waals surface area contributed by atoms with Crippen molar-refractivity contribution >= 4 is 11.9 Å². The highest BCUT2D eigenvalue weighted by molar-refractivity contribution is 5.95. The molecule has 136 valence electrons. The van der Waals surface area contributed by atoms with Crippen molar-refractivity contribution in [2.75, 3.05) is 13.2 Å². The molecule has 2 heterocycles. The average Bonchev–Trinajstić information content (AvgIpc) is 2.63. The van der Waals surface area contributed by atoms with Gasteiger partial charge in [0.15, 0.2) is 0 Å². The number of ether oxygens (including phenoxy) is 2. The van der Waals surface area contributed by atoms with Gasteiger partial charge < -0.3 is 19.9 Å². The van der Waals surface area contributed by atoms with E-state index in [1.165, 1.54) is 18.6 Å². The first-order chi connectivity index (χ1) is 12.6. The maximum atomic E-state index is 12.7. The fraction of sp³-hybridized carbons (Fsp3) is 0.333. The molecule has 0 aliphatic carbocycles. The first kappa shape index (κ1) is 17.8. The van der Waals surface area contributed by atoms with Gasteiger partial charge in [-0.3, -0.25) is 14.6 Å². The lowest BCUT2D eigenvalue weighted by atomic mass is 9.86. The Labute approximate surface area is 150 Å². The van der Waals surface area contributed by atoms with Crippen molar-refractivity contribution in [3.8, 4) is 11.6 Å². The average molecular weight is 357 g/mol. The number of hydrogen-bond donors (Lipinski definition) is 2. The Morgan fingerprint density at radius 3 is 2.77 bits per heavy atom. The van der Waals surface area contributed by atoms with Crippen LogP contribution in [-0.4, -0.2) is 45.7 Å². The quantitative estimate of drug-likeness (QED) is 0.813. The number of hydrogen-bond acceptors (Lipinski definition) is 6. The minimum Gasteiger partial charge on any atom is -0.481 e. The zero-order valence-electron chi connectivity index (χ0n) is 14.1. The summed E-state index contributed by atoms with van der Waals surface area (Å²) in [6, 6.07) is 6.62. The highest BCUT2D eigenvalue weighted by Gasteiger charge is 2.36. The van der Waals surface area contributed by atoms with Gasteiger partial charge in [-0.2, -0.15) is 0 Å². The molecule has 0 bridgehead atoms. The Bertz CT molecular complexity index is 775. The number of carboxylic acids is 1. The van der Waals surface area contributed by atoms with E-state index in [4.69, 9.17) is 9.47 Å². The monoisotopic (exact) mass is 357 g/mol. The van der Waals surface area contributed by atoms with Crippen LogP contribution >= 0.6 is 0 Å². The molecule has 3 rings (SSSR count). The lowest BCUT2D eigenvalue weighted by molar-refractivity contribution is -0.139. The van der Waals surface area contributed by atoms with Gasteiger partial charge in [0, 0.05) is 31.2 Å². The van der Waals surface area contributed by atoms with Crippen LogP contribution in [0.1, 0.15) is 29.6 Å². The van der Waals surface area contributed by atoms with Gasteiger partial charge in [0.2, 0.25) is 5.88 Å². The Kier molecular flexibility index (Phi) is 5.43. The van der Waals surface area contributed by atoms with E-state index in [2.05, 4.69) is 15.3 Å². The van der Waals surface area contributed by atoms with E-state index in [1.807, 2.05) is 0 Å². The predicted octanol–water partition coefficient (Wildman–Crippen LogP) is 2.02. The molecule has 1 saturated heterocycles. The van der Waals surface area contributed by atoms with Gasteiger partial charge in [0.05, 0.1) is 18.2 Å².